The van der Waals surface area contributed by atoms with Crippen LogP contribution in [0.2, 0.25) is 0 Å². The number of hydrogen-bond acceptors (Lipinski definition) is 4. The summed E-state index contributed by atoms with van der Waals surface area (Å²) in [6, 6.07) is 8.93. The van der Waals surface area contributed by atoms with E-state index in [1.54, 1.807) is 13.2 Å². The Morgan fingerprint density at radius 2 is 2.05 bits per heavy atom. The molecule has 21 heavy (non-hydrogen) atoms. The highest BCUT2D eigenvalue weighted by Crippen LogP contribution is 2.28. The second kappa shape index (κ2) is 6.74. The first-order chi connectivity index (χ1) is 10.1. The van der Waals surface area contributed by atoms with Crippen molar-refractivity contribution in [3.8, 4) is 11.5 Å². The Morgan fingerprint density at radius 3 is 2.62 bits per heavy atom. The minimum absolute atomic E-state index is 0.156. The Hall–Kier alpha value is -2.56. The summed E-state index contributed by atoms with van der Waals surface area (Å²) in [7, 11) is 1.60. The van der Waals surface area contributed by atoms with E-state index in [1.807, 2.05) is 18.2 Å². The van der Waals surface area contributed by atoms with Crippen LogP contribution in [0, 0.1) is 0 Å². The number of hydrogen-bond donors (Lipinski definition) is 1. The van der Waals surface area contributed by atoms with Crippen molar-refractivity contribution in [3.63, 3.8) is 0 Å². The second-order valence-electron chi connectivity index (χ2n) is 4.47. The predicted molar refractivity (Wildman–Crippen MR) is 77.9 cm³/mol. The normalized spacial score (nSPS) is 10.2. The summed E-state index contributed by atoms with van der Waals surface area (Å²) in [6.45, 7) is 2.32. The molecule has 0 saturated carbocycles. The summed E-state index contributed by atoms with van der Waals surface area (Å²) >= 11 is 0. The number of carboxylic acid groups (broad SMARTS) is 1. The van der Waals surface area contributed by atoms with Crippen molar-refractivity contribution in [1.29, 1.82) is 0 Å². The van der Waals surface area contributed by atoms with Gasteiger partial charge >= 0.3 is 5.97 Å². The Balaban J connectivity index is 2.07. The maximum Gasteiger partial charge on any atom is 0.337 e. The van der Waals surface area contributed by atoms with Crippen LogP contribution in [0.5, 0.6) is 11.5 Å². The maximum atomic E-state index is 10.7. The molecule has 1 N–H and O–H groups in total. The zero-order valence-electron chi connectivity index (χ0n) is 12.0. The number of rotatable bonds is 6. The van der Waals surface area contributed by atoms with E-state index in [1.165, 1.54) is 17.8 Å². The van der Waals surface area contributed by atoms with E-state index in [2.05, 4.69) is 11.9 Å². The van der Waals surface area contributed by atoms with Crippen molar-refractivity contribution in [2.45, 2.75) is 20.0 Å². The predicted octanol–water partition coefficient (Wildman–Crippen LogP) is 2.93. The maximum absolute atomic E-state index is 10.7. The molecule has 0 aliphatic rings. The number of ether oxygens (including phenoxy) is 2. The molecule has 0 unspecified atom stereocenters. The van der Waals surface area contributed by atoms with Crippen LogP contribution in [0.4, 0.5) is 0 Å². The molecule has 0 aliphatic heterocycles. The number of nitrogens with zero attached hydrogens (tertiary/aromatic N) is 1. The Morgan fingerprint density at radius 1 is 1.24 bits per heavy atom. The fourth-order valence-corrected chi connectivity index (χ4v) is 1.84. The molecule has 0 amide bonds. The van der Waals surface area contributed by atoms with Gasteiger partial charge in [-0.05, 0) is 36.2 Å². The molecule has 1 aromatic carbocycles. The van der Waals surface area contributed by atoms with Crippen molar-refractivity contribution >= 4 is 5.97 Å². The van der Waals surface area contributed by atoms with Crippen molar-refractivity contribution < 1.29 is 19.4 Å². The first-order valence-corrected chi connectivity index (χ1v) is 6.62. The number of aromatic nitrogens is 1. The van der Waals surface area contributed by atoms with E-state index in [4.69, 9.17) is 14.6 Å². The van der Waals surface area contributed by atoms with E-state index < -0.39 is 5.97 Å². The summed E-state index contributed by atoms with van der Waals surface area (Å²) in [5, 5.41) is 8.81. The minimum Gasteiger partial charge on any atom is -0.493 e. The fourth-order valence-electron chi connectivity index (χ4n) is 1.84. The van der Waals surface area contributed by atoms with Crippen LogP contribution >= 0.6 is 0 Å². The Bertz CT molecular complexity index is 623. The van der Waals surface area contributed by atoms with Gasteiger partial charge in [0.1, 0.15) is 6.61 Å². The van der Waals surface area contributed by atoms with E-state index in [0.29, 0.717) is 17.2 Å². The molecule has 0 bridgehead atoms. The number of aryl methyl sites for hydroxylation is 1. The summed E-state index contributed by atoms with van der Waals surface area (Å²) in [6.07, 6.45) is 2.24. The monoisotopic (exact) mass is 287 g/mol. The first kappa shape index (κ1) is 14.8. The molecule has 5 nitrogen and oxygen atoms in total. The largest absolute Gasteiger partial charge is 0.493 e. The summed E-state index contributed by atoms with van der Waals surface area (Å²) in [5.41, 5.74) is 1.98. The summed E-state index contributed by atoms with van der Waals surface area (Å²) < 4.78 is 11.0. The van der Waals surface area contributed by atoms with Crippen LogP contribution in [-0.4, -0.2) is 23.2 Å². The molecule has 1 heterocycles. The Labute approximate surface area is 123 Å². The molecule has 0 atom stereocenters. The van der Waals surface area contributed by atoms with Crippen molar-refractivity contribution in [1.82, 2.24) is 4.98 Å². The highest BCUT2D eigenvalue weighted by Gasteiger charge is 2.07. The minimum atomic E-state index is -0.994. The van der Waals surface area contributed by atoms with Crippen molar-refractivity contribution in [3.05, 3.63) is 53.3 Å². The zero-order chi connectivity index (χ0) is 15.2. The number of pyridine rings is 1. The van der Waals surface area contributed by atoms with E-state index in [0.717, 1.165) is 6.42 Å². The molecule has 5 heteroatoms. The quantitative estimate of drug-likeness (QED) is 0.884. The van der Waals surface area contributed by atoms with Crippen LogP contribution in [-0.2, 0) is 13.0 Å². The highest BCUT2D eigenvalue weighted by atomic mass is 16.5. The van der Waals surface area contributed by atoms with Crippen LogP contribution in [0.25, 0.3) is 0 Å². The third-order valence-electron chi connectivity index (χ3n) is 3.08. The standard InChI is InChI=1S/C16H17NO4/c1-3-11-4-7-14(15(8-11)20-2)21-10-13-6-5-12(9-17-13)16(18)19/h4-9H,3,10H2,1-2H3,(H,18,19). The lowest BCUT2D eigenvalue weighted by Gasteiger charge is -2.11. The molecule has 0 saturated heterocycles. The van der Waals surface area contributed by atoms with Gasteiger partial charge in [-0.1, -0.05) is 13.0 Å². The molecule has 1 aromatic heterocycles. The van der Waals surface area contributed by atoms with Crippen LogP contribution in [0.3, 0.4) is 0 Å². The molecular formula is C16H17NO4. The lowest BCUT2D eigenvalue weighted by atomic mass is 10.1. The lowest BCUT2D eigenvalue weighted by molar-refractivity contribution is 0.0696. The Kier molecular flexibility index (Phi) is 4.77. The van der Waals surface area contributed by atoms with E-state index in [-0.39, 0.29) is 12.2 Å². The van der Waals surface area contributed by atoms with Crippen LogP contribution in [0.15, 0.2) is 36.5 Å². The molecule has 0 radical (unpaired) electrons. The van der Waals surface area contributed by atoms with Gasteiger partial charge in [0.2, 0.25) is 0 Å². The van der Waals surface area contributed by atoms with Gasteiger partial charge in [0, 0.05) is 6.20 Å². The molecule has 2 rings (SSSR count). The second-order valence-corrected chi connectivity index (χ2v) is 4.47. The molecule has 0 spiro atoms. The summed E-state index contributed by atoms with van der Waals surface area (Å²) in [4.78, 5) is 14.8. The number of methoxy groups -OCH3 is 1. The molecule has 110 valence electrons. The molecule has 0 fully saturated rings. The zero-order valence-corrected chi connectivity index (χ0v) is 12.0. The van der Waals surface area contributed by atoms with Crippen molar-refractivity contribution in [2.24, 2.45) is 0 Å². The van der Waals surface area contributed by atoms with Crippen LogP contribution < -0.4 is 9.47 Å². The first-order valence-electron chi connectivity index (χ1n) is 6.62. The third-order valence-corrected chi connectivity index (χ3v) is 3.08. The molecular weight excluding hydrogens is 270 g/mol. The summed E-state index contributed by atoms with van der Waals surface area (Å²) in [5.74, 6) is 0.321. The molecule has 2 aromatic rings. The van der Waals surface area contributed by atoms with Gasteiger partial charge in [-0.3, -0.25) is 4.98 Å². The highest BCUT2D eigenvalue weighted by molar-refractivity contribution is 5.87. The number of carbonyl (C=O) groups is 1. The number of aromatic carboxylic acids is 1. The SMILES string of the molecule is CCc1ccc(OCc2ccc(C(=O)O)cn2)c(OC)c1. The van der Waals surface area contributed by atoms with Gasteiger partial charge < -0.3 is 14.6 Å². The molecule has 0 aliphatic carbocycles. The lowest BCUT2D eigenvalue weighted by Crippen LogP contribution is -2.02. The van der Waals surface area contributed by atoms with Gasteiger partial charge in [-0.25, -0.2) is 4.79 Å². The van der Waals surface area contributed by atoms with Crippen molar-refractivity contribution in [2.75, 3.05) is 7.11 Å². The van der Waals surface area contributed by atoms with Crippen LogP contribution in [0.1, 0.15) is 28.5 Å². The van der Waals surface area contributed by atoms with Gasteiger partial charge in [0.15, 0.2) is 11.5 Å². The smallest absolute Gasteiger partial charge is 0.337 e. The van der Waals surface area contributed by atoms with Gasteiger partial charge in [-0.2, -0.15) is 0 Å². The van der Waals surface area contributed by atoms with Gasteiger partial charge in [-0.15, -0.1) is 0 Å². The van der Waals surface area contributed by atoms with E-state index >= 15 is 0 Å². The van der Waals surface area contributed by atoms with E-state index in [9.17, 15) is 4.79 Å². The van der Waals surface area contributed by atoms with Gasteiger partial charge in [0.25, 0.3) is 0 Å². The topological polar surface area (TPSA) is 68.7 Å². The average molecular weight is 287 g/mol. The average Bonchev–Trinajstić information content (AvgIpc) is 2.53. The fraction of sp³-hybridized carbons (Fsp3) is 0.250. The third kappa shape index (κ3) is 3.72. The number of carboxylic acids is 1. The van der Waals surface area contributed by atoms with Gasteiger partial charge in [0.05, 0.1) is 18.4 Å². The number of benzene rings is 1.